The van der Waals surface area contributed by atoms with E-state index in [2.05, 4.69) is 43.4 Å². The Morgan fingerprint density at radius 3 is 2.38 bits per heavy atom. The first-order chi connectivity index (χ1) is 9.97. The molecule has 0 saturated carbocycles. The van der Waals surface area contributed by atoms with Gasteiger partial charge in [-0.2, -0.15) is 0 Å². The lowest BCUT2D eigenvalue weighted by Gasteiger charge is -2.10. The van der Waals surface area contributed by atoms with E-state index in [0.29, 0.717) is 12.5 Å². The molecule has 0 bridgehead atoms. The van der Waals surface area contributed by atoms with Crippen molar-refractivity contribution in [1.82, 2.24) is 0 Å². The van der Waals surface area contributed by atoms with E-state index in [1.165, 1.54) is 11.6 Å². The maximum atomic E-state index is 10.9. The SMILES string of the molecule is CC(C)c1ccc(CNc2ccc(C(=O)O)c(Cl)c2)cc1. The molecule has 0 spiro atoms. The Labute approximate surface area is 129 Å². The quantitative estimate of drug-likeness (QED) is 0.836. The monoisotopic (exact) mass is 303 g/mol. The van der Waals surface area contributed by atoms with Crippen molar-refractivity contribution >= 4 is 23.3 Å². The molecule has 2 aromatic carbocycles. The Hall–Kier alpha value is -2.00. The van der Waals surface area contributed by atoms with E-state index in [1.807, 2.05) is 0 Å². The number of halogens is 1. The zero-order valence-corrected chi connectivity index (χ0v) is 12.8. The summed E-state index contributed by atoms with van der Waals surface area (Å²) in [6.45, 7) is 5.00. The van der Waals surface area contributed by atoms with Gasteiger partial charge in [0.1, 0.15) is 0 Å². The number of rotatable bonds is 5. The zero-order valence-electron chi connectivity index (χ0n) is 12.1. The Morgan fingerprint density at radius 1 is 1.19 bits per heavy atom. The average molecular weight is 304 g/mol. The lowest BCUT2D eigenvalue weighted by atomic mass is 10.0. The number of benzene rings is 2. The van der Waals surface area contributed by atoms with Crippen molar-refractivity contribution in [2.75, 3.05) is 5.32 Å². The van der Waals surface area contributed by atoms with Crippen LogP contribution in [-0.2, 0) is 6.54 Å². The fourth-order valence-electron chi connectivity index (χ4n) is 2.02. The van der Waals surface area contributed by atoms with E-state index in [1.54, 1.807) is 12.1 Å². The summed E-state index contributed by atoms with van der Waals surface area (Å²) in [5.41, 5.74) is 3.40. The first-order valence-corrected chi connectivity index (χ1v) is 7.20. The minimum atomic E-state index is -1.02. The fourth-order valence-corrected chi connectivity index (χ4v) is 2.28. The predicted octanol–water partition coefficient (Wildman–Crippen LogP) is 4.77. The Balaban J connectivity index is 2.03. The molecule has 0 atom stereocenters. The van der Waals surface area contributed by atoms with E-state index >= 15 is 0 Å². The van der Waals surface area contributed by atoms with Gasteiger partial charge < -0.3 is 10.4 Å². The molecule has 21 heavy (non-hydrogen) atoms. The van der Waals surface area contributed by atoms with E-state index < -0.39 is 5.97 Å². The molecule has 2 rings (SSSR count). The van der Waals surface area contributed by atoms with E-state index in [0.717, 1.165) is 11.3 Å². The topological polar surface area (TPSA) is 49.3 Å². The molecule has 0 heterocycles. The van der Waals surface area contributed by atoms with Gasteiger partial charge in [0, 0.05) is 12.2 Å². The van der Waals surface area contributed by atoms with Gasteiger partial charge in [0.15, 0.2) is 0 Å². The molecule has 0 radical (unpaired) electrons. The number of aromatic carboxylic acids is 1. The van der Waals surface area contributed by atoms with Gasteiger partial charge in [0.05, 0.1) is 10.6 Å². The lowest BCUT2D eigenvalue weighted by molar-refractivity contribution is 0.0697. The highest BCUT2D eigenvalue weighted by molar-refractivity contribution is 6.33. The average Bonchev–Trinajstić information content (AvgIpc) is 2.45. The van der Waals surface area contributed by atoms with Crippen LogP contribution in [0.1, 0.15) is 41.3 Å². The van der Waals surface area contributed by atoms with Gasteiger partial charge in [-0.1, -0.05) is 49.7 Å². The van der Waals surface area contributed by atoms with Crippen LogP contribution in [-0.4, -0.2) is 11.1 Å². The van der Waals surface area contributed by atoms with Crippen molar-refractivity contribution in [2.24, 2.45) is 0 Å². The zero-order chi connectivity index (χ0) is 15.4. The second kappa shape index (κ2) is 6.64. The number of carbonyl (C=O) groups is 1. The first kappa shape index (κ1) is 15.4. The van der Waals surface area contributed by atoms with Crippen molar-refractivity contribution in [1.29, 1.82) is 0 Å². The third kappa shape index (κ3) is 3.99. The summed E-state index contributed by atoms with van der Waals surface area (Å²) >= 11 is 5.94. The van der Waals surface area contributed by atoms with Gasteiger partial charge >= 0.3 is 5.97 Å². The summed E-state index contributed by atoms with van der Waals surface area (Å²) in [6.07, 6.45) is 0. The van der Waals surface area contributed by atoms with Crippen LogP contribution in [0, 0.1) is 0 Å². The van der Waals surface area contributed by atoms with Crippen LogP contribution in [0.3, 0.4) is 0 Å². The molecule has 110 valence electrons. The van der Waals surface area contributed by atoms with Gasteiger partial charge in [-0.05, 0) is 35.2 Å². The first-order valence-electron chi connectivity index (χ1n) is 6.83. The summed E-state index contributed by atoms with van der Waals surface area (Å²) in [4.78, 5) is 10.9. The Bertz CT molecular complexity index is 636. The highest BCUT2D eigenvalue weighted by Crippen LogP contribution is 2.22. The summed E-state index contributed by atoms with van der Waals surface area (Å²) < 4.78 is 0. The highest BCUT2D eigenvalue weighted by Gasteiger charge is 2.08. The lowest BCUT2D eigenvalue weighted by Crippen LogP contribution is -2.02. The van der Waals surface area contributed by atoms with E-state index in [9.17, 15) is 4.79 Å². The predicted molar refractivity (Wildman–Crippen MR) is 86.3 cm³/mol. The molecule has 0 aromatic heterocycles. The number of carboxylic acids is 1. The molecule has 0 aliphatic rings. The summed E-state index contributed by atoms with van der Waals surface area (Å²) in [7, 11) is 0. The summed E-state index contributed by atoms with van der Waals surface area (Å²) in [6, 6.07) is 13.3. The summed E-state index contributed by atoms with van der Waals surface area (Å²) in [5.74, 6) is -0.495. The number of anilines is 1. The highest BCUT2D eigenvalue weighted by atomic mass is 35.5. The normalized spacial score (nSPS) is 10.7. The van der Waals surface area contributed by atoms with Gasteiger partial charge in [-0.25, -0.2) is 4.79 Å². The van der Waals surface area contributed by atoms with Crippen molar-refractivity contribution in [3.8, 4) is 0 Å². The second-order valence-electron chi connectivity index (χ2n) is 5.25. The Kier molecular flexibility index (Phi) is 4.86. The van der Waals surface area contributed by atoms with E-state index in [4.69, 9.17) is 16.7 Å². The number of nitrogens with one attached hydrogen (secondary N) is 1. The summed E-state index contributed by atoms with van der Waals surface area (Å²) in [5, 5.41) is 12.4. The number of hydrogen-bond donors (Lipinski definition) is 2. The molecule has 0 unspecified atom stereocenters. The van der Waals surface area contributed by atoms with Crippen LogP contribution >= 0.6 is 11.6 Å². The number of hydrogen-bond acceptors (Lipinski definition) is 2. The van der Waals surface area contributed by atoms with Crippen LogP contribution in [0.4, 0.5) is 5.69 Å². The van der Waals surface area contributed by atoms with E-state index in [-0.39, 0.29) is 10.6 Å². The van der Waals surface area contributed by atoms with Crippen LogP contribution in [0.15, 0.2) is 42.5 Å². The fraction of sp³-hybridized carbons (Fsp3) is 0.235. The van der Waals surface area contributed by atoms with Gasteiger partial charge in [0.2, 0.25) is 0 Å². The second-order valence-corrected chi connectivity index (χ2v) is 5.66. The third-order valence-corrected chi connectivity index (χ3v) is 3.66. The molecule has 2 aromatic rings. The third-order valence-electron chi connectivity index (χ3n) is 3.34. The van der Waals surface area contributed by atoms with Gasteiger partial charge in [0.25, 0.3) is 0 Å². The largest absolute Gasteiger partial charge is 0.478 e. The molecule has 0 fully saturated rings. The molecular formula is C17H18ClNO2. The van der Waals surface area contributed by atoms with Crippen molar-refractivity contribution < 1.29 is 9.90 Å². The van der Waals surface area contributed by atoms with Gasteiger partial charge in [-0.3, -0.25) is 0 Å². The minimum absolute atomic E-state index is 0.114. The standard InChI is InChI=1S/C17H18ClNO2/c1-11(2)13-5-3-12(4-6-13)10-19-14-7-8-15(17(20)21)16(18)9-14/h3-9,11,19H,10H2,1-2H3,(H,20,21). The molecule has 0 saturated heterocycles. The molecule has 0 aliphatic heterocycles. The van der Waals surface area contributed by atoms with Crippen molar-refractivity contribution in [2.45, 2.75) is 26.3 Å². The molecule has 0 aliphatic carbocycles. The maximum absolute atomic E-state index is 10.9. The Morgan fingerprint density at radius 2 is 1.86 bits per heavy atom. The molecular weight excluding hydrogens is 286 g/mol. The molecule has 0 amide bonds. The molecule has 3 nitrogen and oxygen atoms in total. The van der Waals surface area contributed by atoms with Crippen LogP contribution < -0.4 is 5.32 Å². The van der Waals surface area contributed by atoms with Crippen LogP contribution in [0.25, 0.3) is 0 Å². The van der Waals surface area contributed by atoms with Gasteiger partial charge in [-0.15, -0.1) is 0 Å². The molecule has 4 heteroatoms. The smallest absolute Gasteiger partial charge is 0.337 e. The molecule has 2 N–H and O–H groups in total. The van der Waals surface area contributed by atoms with Crippen LogP contribution in [0.5, 0.6) is 0 Å². The minimum Gasteiger partial charge on any atom is -0.478 e. The van der Waals surface area contributed by atoms with Crippen molar-refractivity contribution in [3.63, 3.8) is 0 Å². The van der Waals surface area contributed by atoms with Crippen molar-refractivity contribution in [3.05, 3.63) is 64.2 Å². The maximum Gasteiger partial charge on any atom is 0.337 e. The van der Waals surface area contributed by atoms with Crippen LogP contribution in [0.2, 0.25) is 5.02 Å². The number of carboxylic acid groups (broad SMARTS) is 1.